The van der Waals surface area contributed by atoms with E-state index in [-0.39, 0.29) is 0 Å². The third-order valence-electron chi connectivity index (χ3n) is 3.73. The summed E-state index contributed by atoms with van der Waals surface area (Å²) in [5.41, 5.74) is 0.820. The monoisotopic (exact) mass is 327 g/mol. The third-order valence-corrected chi connectivity index (χ3v) is 3.73. The lowest BCUT2D eigenvalue weighted by Gasteiger charge is -2.23. The van der Waals surface area contributed by atoms with Crippen LogP contribution in [0, 0.1) is 0 Å². The predicted molar refractivity (Wildman–Crippen MR) is 89.3 cm³/mol. The van der Waals surface area contributed by atoms with Crippen LogP contribution in [-0.4, -0.2) is 71.3 Å². The maximum Gasteiger partial charge on any atom is 0.161 e. The molecule has 0 aliphatic heterocycles. The van der Waals surface area contributed by atoms with E-state index in [0.717, 1.165) is 25.2 Å². The molecule has 23 heavy (non-hydrogen) atoms. The molecule has 6 nitrogen and oxygen atoms in total. The number of benzene rings is 1. The van der Waals surface area contributed by atoms with Gasteiger partial charge in [0.1, 0.15) is 0 Å². The standard InChI is InChI=1S/C17H29NO5/c1-20-11-9-18(10-12-21-2)8-7-15(19)14-5-6-16(22-3)17(13-14)23-4/h5-6,13,15,19H,7-12H2,1-4H3. The molecule has 0 spiro atoms. The first-order chi connectivity index (χ1) is 11.2. The van der Waals surface area contributed by atoms with Crippen molar-refractivity contribution in [2.24, 2.45) is 0 Å². The largest absolute Gasteiger partial charge is 0.493 e. The average Bonchev–Trinajstić information content (AvgIpc) is 2.60. The maximum absolute atomic E-state index is 10.4. The highest BCUT2D eigenvalue weighted by Crippen LogP contribution is 2.30. The van der Waals surface area contributed by atoms with Gasteiger partial charge >= 0.3 is 0 Å². The molecular weight excluding hydrogens is 298 g/mol. The molecule has 0 saturated heterocycles. The van der Waals surface area contributed by atoms with E-state index in [1.165, 1.54) is 0 Å². The van der Waals surface area contributed by atoms with Crippen molar-refractivity contribution in [3.8, 4) is 11.5 Å². The molecule has 6 heteroatoms. The van der Waals surface area contributed by atoms with Gasteiger partial charge in [-0.25, -0.2) is 0 Å². The Hall–Kier alpha value is -1.34. The summed E-state index contributed by atoms with van der Waals surface area (Å²) in [5.74, 6) is 1.28. The first-order valence-electron chi connectivity index (χ1n) is 7.76. The predicted octanol–water partition coefficient (Wildman–Crippen LogP) is 1.72. The van der Waals surface area contributed by atoms with Gasteiger partial charge in [-0.15, -0.1) is 0 Å². The molecule has 1 aromatic rings. The van der Waals surface area contributed by atoms with Crippen LogP contribution in [0.1, 0.15) is 18.1 Å². The maximum atomic E-state index is 10.4. The Kier molecular flexibility index (Phi) is 9.63. The fourth-order valence-electron chi connectivity index (χ4n) is 2.31. The van der Waals surface area contributed by atoms with E-state index < -0.39 is 6.10 Å². The van der Waals surface area contributed by atoms with E-state index in [1.807, 2.05) is 18.2 Å². The van der Waals surface area contributed by atoms with Gasteiger partial charge in [0.2, 0.25) is 0 Å². The summed E-state index contributed by atoms with van der Waals surface area (Å²) >= 11 is 0. The highest BCUT2D eigenvalue weighted by atomic mass is 16.5. The van der Waals surface area contributed by atoms with Crippen molar-refractivity contribution in [1.29, 1.82) is 0 Å². The Labute approximate surface area is 138 Å². The number of hydrogen-bond donors (Lipinski definition) is 1. The zero-order valence-electron chi connectivity index (χ0n) is 14.6. The molecule has 1 N–H and O–H groups in total. The van der Waals surface area contributed by atoms with Gasteiger partial charge in [-0.2, -0.15) is 0 Å². The molecule has 0 amide bonds. The Morgan fingerprint density at radius 3 is 2.04 bits per heavy atom. The zero-order chi connectivity index (χ0) is 17.1. The van der Waals surface area contributed by atoms with Crippen molar-refractivity contribution in [3.63, 3.8) is 0 Å². The lowest BCUT2D eigenvalue weighted by molar-refractivity contribution is 0.0944. The van der Waals surface area contributed by atoms with Crippen LogP contribution in [0.4, 0.5) is 0 Å². The van der Waals surface area contributed by atoms with E-state index >= 15 is 0 Å². The van der Waals surface area contributed by atoms with Crippen LogP contribution in [-0.2, 0) is 9.47 Å². The quantitative estimate of drug-likeness (QED) is 0.631. The summed E-state index contributed by atoms with van der Waals surface area (Å²) in [6, 6.07) is 5.49. The fraction of sp³-hybridized carbons (Fsp3) is 0.647. The van der Waals surface area contributed by atoms with Crippen molar-refractivity contribution >= 4 is 0 Å². The van der Waals surface area contributed by atoms with E-state index in [4.69, 9.17) is 18.9 Å². The summed E-state index contributed by atoms with van der Waals surface area (Å²) in [5, 5.41) is 10.4. The number of hydrogen-bond acceptors (Lipinski definition) is 6. The molecule has 132 valence electrons. The van der Waals surface area contributed by atoms with E-state index in [9.17, 15) is 5.11 Å². The van der Waals surface area contributed by atoms with Crippen LogP contribution in [0.5, 0.6) is 11.5 Å². The van der Waals surface area contributed by atoms with Crippen molar-refractivity contribution in [1.82, 2.24) is 4.90 Å². The Balaban J connectivity index is 2.60. The highest BCUT2D eigenvalue weighted by Gasteiger charge is 2.14. The number of nitrogens with zero attached hydrogens (tertiary/aromatic N) is 1. The molecular formula is C17H29NO5. The number of aliphatic hydroxyl groups excluding tert-OH is 1. The molecule has 1 rings (SSSR count). The van der Waals surface area contributed by atoms with Crippen LogP contribution in [0.3, 0.4) is 0 Å². The smallest absolute Gasteiger partial charge is 0.161 e. The molecule has 0 aromatic heterocycles. The van der Waals surface area contributed by atoms with Crippen molar-refractivity contribution in [2.75, 3.05) is 61.3 Å². The lowest BCUT2D eigenvalue weighted by Crippen LogP contribution is -2.32. The van der Waals surface area contributed by atoms with Gasteiger partial charge in [0.15, 0.2) is 11.5 Å². The number of aliphatic hydroxyl groups is 1. The van der Waals surface area contributed by atoms with Gasteiger partial charge in [-0.3, -0.25) is 4.90 Å². The zero-order valence-corrected chi connectivity index (χ0v) is 14.6. The average molecular weight is 327 g/mol. The van der Waals surface area contributed by atoms with Crippen LogP contribution in [0.25, 0.3) is 0 Å². The van der Waals surface area contributed by atoms with Gasteiger partial charge < -0.3 is 24.1 Å². The Bertz CT molecular complexity index is 433. The molecule has 0 aliphatic rings. The van der Waals surface area contributed by atoms with Gasteiger partial charge in [-0.05, 0) is 24.1 Å². The fourth-order valence-corrected chi connectivity index (χ4v) is 2.31. The topological polar surface area (TPSA) is 60.4 Å². The van der Waals surface area contributed by atoms with Gasteiger partial charge in [0.05, 0.1) is 33.5 Å². The number of methoxy groups -OCH3 is 4. The molecule has 0 aliphatic carbocycles. The van der Waals surface area contributed by atoms with E-state index in [1.54, 1.807) is 28.4 Å². The first kappa shape index (κ1) is 19.7. The summed E-state index contributed by atoms with van der Waals surface area (Å²) < 4.78 is 20.7. The highest BCUT2D eigenvalue weighted by molar-refractivity contribution is 5.43. The Morgan fingerprint density at radius 2 is 1.52 bits per heavy atom. The van der Waals surface area contributed by atoms with Crippen LogP contribution in [0.15, 0.2) is 18.2 Å². The molecule has 0 bridgehead atoms. The minimum Gasteiger partial charge on any atom is -0.493 e. The molecule has 1 atom stereocenters. The summed E-state index contributed by atoms with van der Waals surface area (Å²) in [6.07, 6.45) is 0.0746. The van der Waals surface area contributed by atoms with E-state index in [2.05, 4.69) is 4.90 Å². The first-order valence-corrected chi connectivity index (χ1v) is 7.76. The Morgan fingerprint density at radius 1 is 0.913 bits per heavy atom. The van der Waals surface area contributed by atoms with Gasteiger partial charge in [0.25, 0.3) is 0 Å². The molecule has 0 saturated carbocycles. The van der Waals surface area contributed by atoms with Crippen LogP contribution >= 0.6 is 0 Å². The lowest BCUT2D eigenvalue weighted by atomic mass is 10.1. The summed E-state index contributed by atoms with van der Waals surface area (Å²) in [7, 11) is 6.56. The normalized spacial score (nSPS) is 12.4. The molecule has 1 unspecified atom stereocenters. The molecule has 1 aromatic carbocycles. The summed E-state index contributed by atoms with van der Waals surface area (Å²) in [6.45, 7) is 3.73. The van der Waals surface area contributed by atoms with E-state index in [0.29, 0.717) is 31.1 Å². The molecule has 0 radical (unpaired) electrons. The van der Waals surface area contributed by atoms with Crippen LogP contribution in [0.2, 0.25) is 0 Å². The van der Waals surface area contributed by atoms with Gasteiger partial charge in [-0.1, -0.05) is 6.07 Å². The number of ether oxygens (including phenoxy) is 4. The number of rotatable bonds is 12. The second kappa shape index (κ2) is 11.2. The molecule has 0 heterocycles. The van der Waals surface area contributed by atoms with Crippen molar-refractivity contribution in [2.45, 2.75) is 12.5 Å². The second-order valence-electron chi connectivity index (χ2n) is 5.25. The second-order valence-corrected chi connectivity index (χ2v) is 5.25. The SMILES string of the molecule is COCCN(CCOC)CCC(O)c1ccc(OC)c(OC)c1. The minimum atomic E-state index is -0.553. The van der Waals surface area contributed by atoms with Gasteiger partial charge in [0, 0.05) is 33.9 Å². The third kappa shape index (κ3) is 6.74. The minimum absolute atomic E-state index is 0.553. The van der Waals surface area contributed by atoms with Crippen molar-refractivity contribution in [3.05, 3.63) is 23.8 Å². The van der Waals surface area contributed by atoms with Crippen molar-refractivity contribution < 1.29 is 24.1 Å². The van der Waals surface area contributed by atoms with Crippen LogP contribution < -0.4 is 9.47 Å². The summed E-state index contributed by atoms with van der Waals surface area (Å²) in [4.78, 5) is 2.22. The molecule has 0 fully saturated rings.